The van der Waals surface area contributed by atoms with Crippen molar-refractivity contribution < 1.29 is 25.2 Å². The molecule has 0 amide bonds. The first-order valence-electron chi connectivity index (χ1n) is 3.50. The van der Waals surface area contributed by atoms with Crippen molar-refractivity contribution in [3.63, 3.8) is 0 Å². The Bertz CT molecular complexity index is 222. The molecule has 1 aliphatic carbocycles. The number of carbonyl (C=O) groups is 1. The summed E-state index contributed by atoms with van der Waals surface area (Å²) >= 11 is 0. The molecular weight excluding hydrogens is 164 g/mol. The summed E-state index contributed by atoms with van der Waals surface area (Å²) in [6.07, 6.45) is -2.86. The number of rotatable bonds is 1. The first-order valence-corrected chi connectivity index (χ1v) is 3.50. The molecule has 0 saturated carbocycles. The van der Waals surface area contributed by atoms with Crippen LogP contribution in [0.1, 0.15) is 6.42 Å². The minimum Gasteiger partial charge on any atom is -0.478 e. The average molecular weight is 174 g/mol. The van der Waals surface area contributed by atoms with Gasteiger partial charge in [-0.25, -0.2) is 4.79 Å². The number of hydrogen-bond donors (Lipinski definition) is 4. The zero-order valence-corrected chi connectivity index (χ0v) is 6.21. The molecule has 0 radical (unpaired) electrons. The van der Waals surface area contributed by atoms with Crippen LogP contribution in [0.25, 0.3) is 0 Å². The average Bonchev–Trinajstić information content (AvgIpc) is 1.99. The van der Waals surface area contributed by atoms with Crippen LogP contribution in [0.4, 0.5) is 0 Å². The summed E-state index contributed by atoms with van der Waals surface area (Å²) < 4.78 is 0. The summed E-state index contributed by atoms with van der Waals surface area (Å²) in [5.41, 5.74) is -0.0692. The van der Waals surface area contributed by atoms with Crippen LogP contribution < -0.4 is 0 Å². The second kappa shape index (κ2) is 3.22. The van der Waals surface area contributed by atoms with Crippen LogP contribution in [0, 0.1) is 0 Å². The molecule has 0 aromatic heterocycles. The topological polar surface area (TPSA) is 98.0 Å². The third-order valence-corrected chi connectivity index (χ3v) is 1.82. The van der Waals surface area contributed by atoms with E-state index in [4.69, 9.17) is 20.4 Å². The number of carboxylic acids is 1. The van der Waals surface area contributed by atoms with Crippen LogP contribution >= 0.6 is 0 Å². The van der Waals surface area contributed by atoms with Gasteiger partial charge in [-0.2, -0.15) is 0 Å². The molecule has 1 aliphatic rings. The molecule has 3 atom stereocenters. The molecule has 1 rings (SSSR count). The predicted octanol–water partition coefficient (Wildman–Crippen LogP) is -1.52. The lowest BCUT2D eigenvalue weighted by atomic mass is 9.92. The maximum atomic E-state index is 10.4. The first-order chi connectivity index (χ1) is 5.52. The molecule has 0 bridgehead atoms. The van der Waals surface area contributed by atoms with E-state index >= 15 is 0 Å². The number of carboxylic acid groups (broad SMARTS) is 1. The second-order valence-corrected chi connectivity index (χ2v) is 2.75. The van der Waals surface area contributed by atoms with Gasteiger partial charge in [0, 0.05) is 12.0 Å². The molecule has 0 aromatic rings. The quantitative estimate of drug-likeness (QED) is 0.387. The molecule has 0 spiro atoms. The highest BCUT2D eigenvalue weighted by Gasteiger charge is 2.31. The number of aliphatic hydroxyl groups is 3. The van der Waals surface area contributed by atoms with E-state index in [0.717, 1.165) is 6.08 Å². The Labute approximate surface area is 68.6 Å². The normalized spacial score (nSPS) is 35.9. The number of hydrogen-bond acceptors (Lipinski definition) is 4. The molecule has 5 nitrogen and oxygen atoms in total. The summed E-state index contributed by atoms with van der Waals surface area (Å²) in [7, 11) is 0. The van der Waals surface area contributed by atoms with E-state index in [1.807, 2.05) is 0 Å². The maximum absolute atomic E-state index is 10.4. The Balaban J connectivity index is 2.81. The lowest BCUT2D eigenvalue weighted by Crippen LogP contribution is -2.40. The van der Waals surface area contributed by atoms with Gasteiger partial charge in [-0.05, 0) is 6.08 Å². The highest BCUT2D eigenvalue weighted by molar-refractivity contribution is 5.87. The van der Waals surface area contributed by atoms with Crippen molar-refractivity contribution in [1.29, 1.82) is 0 Å². The van der Waals surface area contributed by atoms with Gasteiger partial charge in [-0.15, -0.1) is 0 Å². The van der Waals surface area contributed by atoms with Crippen LogP contribution in [0.2, 0.25) is 0 Å². The summed E-state index contributed by atoms with van der Waals surface area (Å²) in [5, 5.41) is 35.6. The molecule has 68 valence electrons. The Kier molecular flexibility index (Phi) is 2.46. The molecule has 5 heteroatoms. The van der Waals surface area contributed by atoms with Crippen molar-refractivity contribution in [3.05, 3.63) is 11.6 Å². The van der Waals surface area contributed by atoms with Crippen molar-refractivity contribution in [3.8, 4) is 0 Å². The van der Waals surface area contributed by atoms with Crippen LogP contribution in [0.15, 0.2) is 11.6 Å². The van der Waals surface area contributed by atoms with E-state index in [1.54, 1.807) is 0 Å². The van der Waals surface area contributed by atoms with Gasteiger partial charge < -0.3 is 20.4 Å². The van der Waals surface area contributed by atoms with Gasteiger partial charge in [-0.3, -0.25) is 0 Å². The second-order valence-electron chi connectivity index (χ2n) is 2.75. The monoisotopic (exact) mass is 174 g/mol. The van der Waals surface area contributed by atoms with Gasteiger partial charge in [0.15, 0.2) is 0 Å². The van der Waals surface area contributed by atoms with Crippen LogP contribution in [-0.2, 0) is 4.79 Å². The third-order valence-electron chi connectivity index (χ3n) is 1.82. The largest absolute Gasteiger partial charge is 0.478 e. The number of aliphatic hydroxyl groups excluding tert-OH is 3. The van der Waals surface area contributed by atoms with Crippen molar-refractivity contribution in [1.82, 2.24) is 0 Å². The smallest absolute Gasteiger partial charge is 0.331 e. The molecule has 0 saturated heterocycles. The minimum atomic E-state index is -1.29. The fourth-order valence-electron chi connectivity index (χ4n) is 1.11. The Morgan fingerprint density at radius 2 is 2.00 bits per heavy atom. The summed E-state index contributed by atoms with van der Waals surface area (Å²) in [4.78, 5) is 10.4. The highest BCUT2D eigenvalue weighted by atomic mass is 16.4. The Morgan fingerprint density at radius 3 is 2.42 bits per heavy atom. The van der Waals surface area contributed by atoms with Gasteiger partial charge in [0.25, 0.3) is 0 Å². The molecule has 12 heavy (non-hydrogen) atoms. The van der Waals surface area contributed by atoms with Gasteiger partial charge >= 0.3 is 5.97 Å². The zero-order valence-electron chi connectivity index (χ0n) is 6.21. The molecule has 0 fully saturated rings. The Morgan fingerprint density at radius 1 is 1.42 bits per heavy atom. The molecule has 0 aliphatic heterocycles. The lowest BCUT2D eigenvalue weighted by molar-refractivity contribution is -0.134. The van der Waals surface area contributed by atoms with Crippen molar-refractivity contribution in [2.24, 2.45) is 0 Å². The third kappa shape index (κ3) is 1.63. The predicted molar refractivity (Wildman–Crippen MR) is 38.4 cm³/mol. The molecule has 0 unspecified atom stereocenters. The zero-order chi connectivity index (χ0) is 9.30. The lowest BCUT2D eigenvalue weighted by Gasteiger charge is -2.25. The van der Waals surface area contributed by atoms with E-state index in [2.05, 4.69) is 0 Å². The fourth-order valence-corrected chi connectivity index (χ4v) is 1.11. The minimum absolute atomic E-state index is 0.0692. The molecule has 0 heterocycles. The van der Waals surface area contributed by atoms with E-state index in [-0.39, 0.29) is 12.0 Å². The van der Waals surface area contributed by atoms with Crippen LogP contribution in [-0.4, -0.2) is 44.7 Å². The van der Waals surface area contributed by atoms with E-state index in [9.17, 15) is 4.79 Å². The summed E-state index contributed by atoms with van der Waals surface area (Å²) in [5.74, 6) is -1.18. The SMILES string of the molecule is O=C(O)C1=C[C@H](O)[C@@H](O)[C@@H](O)C1. The molecular formula is C7H10O5. The molecule has 4 N–H and O–H groups in total. The molecule has 0 aromatic carbocycles. The maximum Gasteiger partial charge on any atom is 0.331 e. The Hall–Kier alpha value is -0.910. The van der Waals surface area contributed by atoms with Crippen LogP contribution in [0.5, 0.6) is 0 Å². The fraction of sp³-hybridized carbons (Fsp3) is 0.571. The van der Waals surface area contributed by atoms with Crippen LogP contribution in [0.3, 0.4) is 0 Å². The number of aliphatic carboxylic acids is 1. The van der Waals surface area contributed by atoms with E-state index in [1.165, 1.54) is 0 Å². The van der Waals surface area contributed by atoms with E-state index in [0.29, 0.717) is 0 Å². The van der Waals surface area contributed by atoms with Gasteiger partial charge in [0.1, 0.15) is 12.2 Å². The summed E-state index contributed by atoms with van der Waals surface area (Å²) in [6, 6.07) is 0. The van der Waals surface area contributed by atoms with E-state index < -0.39 is 24.3 Å². The standard InChI is InChI=1S/C7H10O5/c8-4-1-3(7(11)12)2-5(9)6(4)10/h1,4-6,8-10H,2H2,(H,11,12)/t4-,5-,6+/m0/s1. The van der Waals surface area contributed by atoms with Gasteiger partial charge in [-0.1, -0.05) is 0 Å². The van der Waals surface area contributed by atoms with Gasteiger partial charge in [0.05, 0.1) is 6.10 Å². The van der Waals surface area contributed by atoms with Gasteiger partial charge in [0.2, 0.25) is 0 Å². The summed E-state index contributed by atoms with van der Waals surface area (Å²) in [6.45, 7) is 0. The first kappa shape index (κ1) is 9.18. The highest BCUT2D eigenvalue weighted by Crippen LogP contribution is 2.19. The van der Waals surface area contributed by atoms with Crippen molar-refractivity contribution in [2.45, 2.75) is 24.7 Å². The van der Waals surface area contributed by atoms with Crippen molar-refractivity contribution in [2.75, 3.05) is 0 Å². The van der Waals surface area contributed by atoms with Crippen molar-refractivity contribution >= 4 is 5.97 Å².